The lowest BCUT2D eigenvalue weighted by atomic mass is 9.88. The van der Waals surface area contributed by atoms with Crippen LogP contribution in [0.1, 0.15) is 37.7 Å². The smallest absolute Gasteiger partial charge is 0.229 e. The van der Waals surface area contributed by atoms with E-state index in [1.165, 1.54) is 6.42 Å². The average Bonchev–Trinajstić information content (AvgIpc) is 3.26. The molecule has 2 aromatic carbocycles. The van der Waals surface area contributed by atoms with Crippen LogP contribution in [-0.4, -0.2) is 42.0 Å². The van der Waals surface area contributed by atoms with Crippen LogP contribution in [0.15, 0.2) is 46.9 Å². The highest BCUT2D eigenvalue weighted by atomic mass is 16.3. The number of benzene rings is 2. The molecule has 5 rings (SSSR count). The highest BCUT2D eigenvalue weighted by Gasteiger charge is 2.23. The third-order valence-electron chi connectivity index (χ3n) is 6.49. The molecule has 0 spiro atoms. The molecule has 162 valence electrons. The fourth-order valence-electron chi connectivity index (χ4n) is 4.73. The minimum absolute atomic E-state index is 0.107. The van der Waals surface area contributed by atoms with Crippen molar-refractivity contribution in [2.24, 2.45) is 5.92 Å². The lowest BCUT2D eigenvalue weighted by Gasteiger charge is -2.27. The highest BCUT2D eigenvalue weighted by Crippen LogP contribution is 2.33. The lowest BCUT2D eigenvalue weighted by molar-refractivity contribution is -0.120. The predicted octanol–water partition coefficient (Wildman–Crippen LogP) is 4.42. The van der Waals surface area contributed by atoms with E-state index in [9.17, 15) is 4.79 Å². The number of piperazine rings is 1. The van der Waals surface area contributed by atoms with Crippen molar-refractivity contribution in [1.82, 2.24) is 15.2 Å². The number of hydrogen-bond acceptors (Lipinski definition) is 5. The molecule has 6 nitrogen and oxygen atoms in total. The van der Waals surface area contributed by atoms with Gasteiger partial charge in [-0.3, -0.25) is 9.69 Å². The van der Waals surface area contributed by atoms with Crippen LogP contribution in [-0.2, 0) is 11.3 Å². The number of hydrogen-bond donors (Lipinski definition) is 2. The number of nitrogens with one attached hydrogen (secondary N) is 2. The van der Waals surface area contributed by atoms with Crippen molar-refractivity contribution in [3.63, 3.8) is 0 Å². The second-order valence-electron chi connectivity index (χ2n) is 8.68. The third kappa shape index (κ3) is 4.50. The lowest BCUT2D eigenvalue weighted by Crippen LogP contribution is -2.42. The van der Waals surface area contributed by atoms with Crippen LogP contribution in [0.4, 0.5) is 5.69 Å². The van der Waals surface area contributed by atoms with E-state index in [1.54, 1.807) is 0 Å². The zero-order chi connectivity index (χ0) is 21.0. The molecule has 0 bridgehead atoms. The molecule has 0 unspecified atom stereocenters. The third-order valence-corrected chi connectivity index (χ3v) is 6.49. The molecule has 31 heavy (non-hydrogen) atoms. The molecular formula is C25H30N4O2. The molecule has 6 heteroatoms. The Bertz CT molecular complexity index is 1050. The molecule has 2 heterocycles. The first kappa shape index (κ1) is 20.2. The van der Waals surface area contributed by atoms with Crippen LogP contribution in [0, 0.1) is 5.92 Å². The molecular weight excluding hydrogens is 388 g/mol. The Kier molecular flexibility index (Phi) is 6.00. The van der Waals surface area contributed by atoms with Crippen molar-refractivity contribution in [1.29, 1.82) is 0 Å². The van der Waals surface area contributed by atoms with Crippen LogP contribution >= 0.6 is 0 Å². The van der Waals surface area contributed by atoms with Gasteiger partial charge in [0.25, 0.3) is 0 Å². The number of carbonyl (C=O) groups excluding carboxylic acids is 1. The molecule has 2 N–H and O–H groups in total. The first-order valence-electron chi connectivity index (χ1n) is 11.5. The van der Waals surface area contributed by atoms with Gasteiger partial charge in [0.15, 0.2) is 5.58 Å². The Morgan fingerprint density at radius 3 is 2.71 bits per heavy atom. The Balaban J connectivity index is 1.41. The van der Waals surface area contributed by atoms with E-state index in [-0.39, 0.29) is 11.8 Å². The Hall–Kier alpha value is -2.70. The number of aromatic nitrogens is 1. The van der Waals surface area contributed by atoms with Gasteiger partial charge in [-0.05, 0) is 31.0 Å². The van der Waals surface area contributed by atoms with E-state index in [2.05, 4.69) is 21.6 Å². The summed E-state index contributed by atoms with van der Waals surface area (Å²) < 4.78 is 6.29. The Labute approximate surface area is 183 Å². The second-order valence-corrected chi connectivity index (χ2v) is 8.68. The van der Waals surface area contributed by atoms with E-state index in [0.29, 0.717) is 5.89 Å². The van der Waals surface area contributed by atoms with Crippen LogP contribution in [0.2, 0.25) is 0 Å². The van der Waals surface area contributed by atoms with E-state index >= 15 is 0 Å². The number of carbonyl (C=O) groups is 1. The minimum Gasteiger partial charge on any atom is -0.436 e. The molecule has 2 fully saturated rings. The van der Waals surface area contributed by atoms with Crippen LogP contribution in [0.5, 0.6) is 0 Å². The molecule has 1 aromatic heterocycles. The van der Waals surface area contributed by atoms with Gasteiger partial charge in [0.05, 0.1) is 11.3 Å². The van der Waals surface area contributed by atoms with Gasteiger partial charge in [-0.1, -0.05) is 43.5 Å². The quantitative estimate of drug-likeness (QED) is 0.642. The summed E-state index contributed by atoms with van der Waals surface area (Å²) >= 11 is 0. The van der Waals surface area contributed by atoms with Crippen LogP contribution in [0.25, 0.3) is 22.6 Å². The molecule has 1 amide bonds. The topological polar surface area (TPSA) is 70.4 Å². The minimum atomic E-state index is 0.107. The zero-order valence-corrected chi connectivity index (χ0v) is 17.9. The number of nitrogens with zero attached hydrogens (tertiary/aromatic N) is 2. The standard InChI is InChI=1S/C25H30N4O2/c30-24(18-7-2-1-3-8-18)27-21-11-5-4-10-20(21)25-28-22-12-6-9-19(23(22)31-25)17-29-15-13-26-14-16-29/h4-6,9-12,18,26H,1-3,7-8,13-17H2,(H,27,30). The summed E-state index contributed by atoms with van der Waals surface area (Å²) in [5, 5.41) is 6.55. The fourth-order valence-corrected chi connectivity index (χ4v) is 4.73. The van der Waals surface area contributed by atoms with Crippen molar-refractivity contribution < 1.29 is 9.21 Å². The second kappa shape index (κ2) is 9.20. The summed E-state index contributed by atoms with van der Waals surface area (Å²) in [5.74, 6) is 0.779. The summed E-state index contributed by atoms with van der Waals surface area (Å²) in [6.07, 6.45) is 5.47. The maximum atomic E-state index is 12.8. The number of anilines is 1. The first-order valence-corrected chi connectivity index (χ1v) is 11.5. The summed E-state index contributed by atoms with van der Waals surface area (Å²) in [7, 11) is 0. The summed E-state index contributed by atoms with van der Waals surface area (Å²) in [6, 6.07) is 14.0. The van der Waals surface area contributed by atoms with Gasteiger partial charge in [-0.2, -0.15) is 0 Å². The monoisotopic (exact) mass is 418 g/mol. The number of rotatable bonds is 5. The van der Waals surface area contributed by atoms with Gasteiger partial charge in [-0.25, -0.2) is 4.98 Å². The van der Waals surface area contributed by atoms with Crippen molar-refractivity contribution in [2.75, 3.05) is 31.5 Å². The normalized spacial score (nSPS) is 18.3. The van der Waals surface area contributed by atoms with Crippen molar-refractivity contribution in [3.8, 4) is 11.5 Å². The number of amides is 1. The van der Waals surface area contributed by atoms with E-state index in [1.807, 2.05) is 36.4 Å². The number of fused-ring (bicyclic) bond motifs is 1. The Morgan fingerprint density at radius 2 is 1.87 bits per heavy atom. The summed E-state index contributed by atoms with van der Waals surface area (Å²) in [6.45, 7) is 4.96. The molecule has 1 saturated carbocycles. The summed E-state index contributed by atoms with van der Waals surface area (Å²) in [5.41, 5.74) is 4.45. The molecule has 1 aliphatic heterocycles. The van der Waals surface area contributed by atoms with Crippen LogP contribution < -0.4 is 10.6 Å². The van der Waals surface area contributed by atoms with Gasteiger partial charge in [-0.15, -0.1) is 0 Å². The molecule has 1 aliphatic carbocycles. The zero-order valence-electron chi connectivity index (χ0n) is 17.9. The first-order chi connectivity index (χ1) is 15.3. The largest absolute Gasteiger partial charge is 0.436 e. The fraction of sp³-hybridized carbons (Fsp3) is 0.440. The van der Waals surface area contributed by atoms with E-state index < -0.39 is 0 Å². The maximum absolute atomic E-state index is 12.8. The van der Waals surface area contributed by atoms with Gasteiger partial charge >= 0.3 is 0 Å². The predicted molar refractivity (Wildman–Crippen MR) is 123 cm³/mol. The van der Waals surface area contributed by atoms with Crippen molar-refractivity contribution in [2.45, 2.75) is 38.6 Å². The van der Waals surface area contributed by atoms with Gasteiger partial charge in [0.1, 0.15) is 5.52 Å². The summed E-state index contributed by atoms with van der Waals surface area (Å²) in [4.78, 5) is 20.0. The number of oxazole rings is 1. The van der Waals surface area contributed by atoms with Crippen LogP contribution in [0.3, 0.4) is 0 Å². The molecule has 2 aliphatic rings. The van der Waals surface area contributed by atoms with Gasteiger partial charge in [0.2, 0.25) is 11.8 Å². The molecule has 3 aromatic rings. The molecule has 0 atom stereocenters. The van der Waals surface area contributed by atoms with Gasteiger partial charge < -0.3 is 15.1 Å². The van der Waals surface area contributed by atoms with Crippen molar-refractivity contribution >= 4 is 22.7 Å². The van der Waals surface area contributed by atoms with Crippen molar-refractivity contribution in [3.05, 3.63) is 48.0 Å². The molecule has 1 saturated heterocycles. The average molecular weight is 419 g/mol. The van der Waals surface area contributed by atoms with Gasteiger partial charge in [0, 0.05) is 44.2 Å². The van der Waals surface area contributed by atoms with E-state index in [0.717, 1.165) is 86.3 Å². The maximum Gasteiger partial charge on any atom is 0.229 e. The molecule has 0 radical (unpaired) electrons. The number of para-hydroxylation sites is 2. The Morgan fingerprint density at radius 1 is 1.06 bits per heavy atom. The van der Waals surface area contributed by atoms with E-state index in [4.69, 9.17) is 9.40 Å². The highest BCUT2D eigenvalue weighted by molar-refractivity contribution is 5.96. The SMILES string of the molecule is O=C(Nc1ccccc1-c1nc2cccc(CN3CCNCC3)c2o1)C1CCCCC1.